The van der Waals surface area contributed by atoms with E-state index in [0.29, 0.717) is 18.3 Å². The van der Waals surface area contributed by atoms with Crippen LogP contribution in [-0.4, -0.2) is 38.1 Å². The summed E-state index contributed by atoms with van der Waals surface area (Å²) in [5.41, 5.74) is 3.84. The minimum atomic E-state index is 0.315. The van der Waals surface area contributed by atoms with E-state index < -0.39 is 0 Å². The Balaban J connectivity index is 1.68. The van der Waals surface area contributed by atoms with Crippen molar-refractivity contribution in [1.82, 2.24) is 0 Å². The van der Waals surface area contributed by atoms with Gasteiger partial charge in [0.25, 0.3) is 0 Å². The van der Waals surface area contributed by atoms with Gasteiger partial charge in [-0.2, -0.15) is 5.90 Å². The van der Waals surface area contributed by atoms with E-state index in [1.807, 2.05) is 6.07 Å². The molecule has 108 valence electrons. The highest BCUT2D eigenvalue weighted by molar-refractivity contribution is 5.47. The molecule has 5 heteroatoms. The third-order valence-electron chi connectivity index (χ3n) is 4.13. The summed E-state index contributed by atoms with van der Waals surface area (Å²) in [6.07, 6.45) is 3.81. The largest absolute Gasteiger partial charge is 0.411 e. The van der Waals surface area contributed by atoms with Crippen LogP contribution in [0.3, 0.4) is 0 Å². The van der Waals surface area contributed by atoms with Gasteiger partial charge < -0.3 is 19.0 Å². The number of hydrogen-bond donors (Lipinski definition) is 1. The van der Waals surface area contributed by atoms with Gasteiger partial charge in [0.1, 0.15) is 5.75 Å². The van der Waals surface area contributed by atoms with Crippen LogP contribution in [0.5, 0.6) is 5.75 Å². The quantitative estimate of drug-likeness (QED) is 0.588. The van der Waals surface area contributed by atoms with E-state index >= 15 is 0 Å². The Labute approximate surface area is 117 Å². The summed E-state index contributed by atoms with van der Waals surface area (Å²) in [4.78, 5) is 5.06. The maximum Gasteiger partial charge on any atom is 0.150 e. The molecule has 3 heterocycles. The molecule has 0 aromatic heterocycles. The molecule has 3 unspecified atom stereocenters. The fraction of sp³-hybridized carbons (Fsp3) is 0.600. The molecule has 1 aromatic rings. The molecule has 0 radical (unpaired) electrons. The average Bonchev–Trinajstić information content (AvgIpc) is 3.27. The lowest BCUT2D eigenvalue weighted by Gasteiger charge is -2.16. The summed E-state index contributed by atoms with van der Waals surface area (Å²) in [5.74, 6) is 6.19. The number of rotatable bonds is 7. The number of benzene rings is 1. The third kappa shape index (κ3) is 2.81. The molecule has 3 fully saturated rings. The summed E-state index contributed by atoms with van der Waals surface area (Å²) >= 11 is 0. The number of ether oxygens (including phenoxy) is 3. The van der Waals surface area contributed by atoms with Gasteiger partial charge in [-0.25, -0.2) is 0 Å². The van der Waals surface area contributed by atoms with E-state index in [1.165, 1.54) is 16.7 Å². The summed E-state index contributed by atoms with van der Waals surface area (Å²) < 4.78 is 16.1. The second-order valence-electron chi connectivity index (χ2n) is 5.78. The van der Waals surface area contributed by atoms with Crippen LogP contribution in [0.1, 0.15) is 16.7 Å². The fourth-order valence-electron chi connectivity index (χ4n) is 2.76. The van der Waals surface area contributed by atoms with E-state index in [2.05, 4.69) is 6.07 Å². The molecule has 0 amide bonds. The van der Waals surface area contributed by atoms with Crippen LogP contribution < -0.4 is 10.7 Å². The molecule has 3 atom stereocenters. The van der Waals surface area contributed by atoms with Gasteiger partial charge in [0.2, 0.25) is 0 Å². The summed E-state index contributed by atoms with van der Waals surface area (Å²) in [6.45, 7) is 2.56. The summed E-state index contributed by atoms with van der Waals surface area (Å²) in [6, 6.07) is 4.07. The summed E-state index contributed by atoms with van der Waals surface area (Å²) in [5, 5.41) is 0. The molecule has 0 spiro atoms. The zero-order valence-electron chi connectivity index (χ0n) is 11.3. The lowest BCUT2D eigenvalue weighted by Crippen LogP contribution is -2.13. The Morgan fingerprint density at radius 3 is 2.00 bits per heavy atom. The Bertz CT molecular complexity index is 507. The number of nitrogens with two attached hydrogens (primary N) is 1. The van der Waals surface area contributed by atoms with Gasteiger partial charge in [0.05, 0.1) is 38.1 Å². The van der Waals surface area contributed by atoms with E-state index in [9.17, 15) is 0 Å². The first-order valence-electron chi connectivity index (χ1n) is 7.18. The first kappa shape index (κ1) is 12.6. The smallest absolute Gasteiger partial charge is 0.150 e. The van der Waals surface area contributed by atoms with Gasteiger partial charge in [-0.15, -0.1) is 0 Å². The standard InChI is InChI=1S/C15H19NO4/c16-20-15-2-1-9(3-10-6-17-10)13(4-11-7-18-11)14(15)5-12-8-19-12/h1-2,10-12H,3-8,16H2. The molecule has 5 nitrogen and oxygen atoms in total. The first-order chi connectivity index (χ1) is 9.83. The lowest BCUT2D eigenvalue weighted by molar-refractivity contribution is 0.326. The monoisotopic (exact) mass is 277 g/mol. The third-order valence-corrected chi connectivity index (χ3v) is 4.13. The molecule has 3 saturated heterocycles. The van der Waals surface area contributed by atoms with Crippen LogP contribution in [0.25, 0.3) is 0 Å². The Morgan fingerprint density at radius 1 is 0.900 bits per heavy atom. The Hall–Kier alpha value is -1.14. The molecule has 4 rings (SSSR count). The minimum Gasteiger partial charge on any atom is -0.411 e. The lowest BCUT2D eigenvalue weighted by atomic mass is 9.91. The van der Waals surface area contributed by atoms with Crippen LogP contribution in [0.2, 0.25) is 0 Å². The molecule has 20 heavy (non-hydrogen) atoms. The molecule has 0 aliphatic carbocycles. The zero-order valence-corrected chi connectivity index (χ0v) is 11.3. The van der Waals surface area contributed by atoms with Crippen molar-refractivity contribution >= 4 is 0 Å². The average molecular weight is 277 g/mol. The molecule has 0 saturated carbocycles. The van der Waals surface area contributed by atoms with Gasteiger partial charge in [0, 0.05) is 24.8 Å². The Kier molecular flexibility index (Phi) is 3.15. The maximum atomic E-state index is 5.43. The highest BCUT2D eigenvalue weighted by Gasteiger charge is 2.32. The normalized spacial score (nSPS) is 30.1. The molecule has 3 aliphatic heterocycles. The van der Waals surface area contributed by atoms with Crippen molar-refractivity contribution in [1.29, 1.82) is 0 Å². The minimum absolute atomic E-state index is 0.315. The molecule has 3 aliphatic rings. The molecule has 1 aromatic carbocycles. The zero-order chi connectivity index (χ0) is 13.5. The van der Waals surface area contributed by atoms with Crippen molar-refractivity contribution in [3.63, 3.8) is 0 Å². The topological polar surface area (TPSA) is 72.8 Å². The first-order valence-corrected chi connectivity index (χ1v) is 7.18. The maximum absolute atomic E-state index is 5.43. The Morgan fingerprint density at radius 2 is 1.45 bits per heavy atom. The van der Waals surface area contributed by atoms with Crippen LogP contribution in [-0.2, 0) is 33.5 Å². The van der Waals surface area contributed by atoms with Crippen molar-refractivity contribution in [2.45, 2.75) is 37.6 Å². The van der Waals surface area contributed by atoms with Crippen molar-refractivity contribution in [3.05, 3.63) is 28.8 Å². The molecular weight excluding hydrogens is 258 g/mol. The van der Waals surface area contributed by atoms with E-state index in [1.54, 1.807) is 0 Å². The molecule has 0 bridgehead atoms. The van der Waals surface area contributed by atoms with Crippen molar-refractivity contribution in [3.8, 4) is 5.75 Å². The van der Waals surface area contributed by atoms with Crippen LogP contribution in [0.4, 0.5) is 0 Å². The van der Waals surface area contributed by atoms with Gasteiger partial charge >= 0.3 is 0 Å². The summed E-state index contributed by atoms with van der Waals surface area (Å²) in [7, 11) is 0. The predicted octanol–water partition coefficient (Wildman–Crippen LogP) is 0.763. The van der Waals surface area contributed by atoms with E-state index in [-0.39, 0.29) is 0 Å². The fourth-order valence-corrected chi connectivity index (χ4v) is 2.76. The number of hydrogen-bond acceptors (Lipinski definition) is 5. The highest BCUT2D eigenvalue weighted by Crippen LogP contribution is 2.34. The van der Waals surface area contributed by atoms with Gasteiger partial charge in [-0.3, -0.25) is 0 Å². The second-order valence-corrected chi connectivity index (χ2v) is 5.78. The SMILES string of the molecule is NOc1ccc(CC2CO2)c(CC2CO2)c1CC1CO1. The van der Waals surface area contributed by atoms with E-state index in [4.69, 9.17) is 24.9 Å². The molecule has 2 N–H and O–H groups in total. The van der Waals surface area contributed by atoms with Gasteiger partial charge in [-0.05, 0) is 17.2 Å². The van der Waals surface area contributed by atoms with Crippen LogP contribution in [0.15, 0.2) is 12.1 Å². The van der Waals surface area contributed by atoms with Crippen LogP contribution in [0, 0.1) is 0 Å². The van der Waals surface area contributed by atoms with Crippen molar-refractivity contribution in [2.24, 2.45) is 5.90 Å². The van der Waals surface area contributed by atoms with Crippen molar-refractivity contribution in [2.75, 3.05) is 19.8 Å². The predicted molar refractivity (Wildman–Crippen MR) is 71.6 cm³/mol. The van der Waals surface area contributed by atoms with Crippen molar-refractivity contribution < 1.29 is 19.0 Å². The van der Waals surface area contributed by atoms with Gasteiger partial charge in [-0.1, -0.05) is 6.07 Å². The van der Waals surface area contributed by atoms with Gasteiger partial charge in [0.15, 0.2) is 0 Å². The van der Waals surface area contributed by atoms with Crippen LogP contribution >= 0.6 is 0 Å². The second kappa shape index (κ2) is 5.00. The van der Waals surface area contributed by atoms with E-state index in [0.717, 1.165) is 44.8 Å². The highest BCUT2D eigenvalue weighted by atomic mass is 16.6. The number of epoxide rings is 3. The molecular formula is C15H19NO4.